The Labute approximate surface area is 88.7 Å². The van der Waals surface area contributed by atoms with Crippen molar-refractivity contribution in [3.8, 4) is 0 Å². The molecule has 0 heterocycles. The number of hydrogen-bond acceptors (Lipinski definition) is 3. The molecule has 0 aliphatic carbocycles. The highest BCUT2D eigenvalue weighted by atomic mass is 32.2. The molecule has 0 rings (SSSR count). The summed E-state index contributed by atoms with van der Waals surface area (Å²) >= 11 is 0. The van der Waals surface area contributed by atoms with Gasteiger partial charge in [-0.15, -0.1) is 0 Å². The number of hydrogen-bond donors (Lipinski definition) is 0. The van der Waals surface area contributed by atoms with Crippen LogP contribution in [-0.2, 0) is 20.3 Å². The molecule has 0 bridgehead atoms. The summed E-state index contributed by atoms with van der Waals surface area (Å²) in [6.45, 7) is 10.9. The average molecular weight is 220 g/mol. The summed E-state index contributed by atoms with van der Waals surface area (Å²) in [5, 5.41) is 0. The van der Waals surface area contributed by atoms with Crippen LogP contribution in [0.3, 0.4) is 0 Å². The van der Waals surface area contributed by atoms with Crippen LogP contribution in [0.1, 0.15) is 41.5 Å². The van der Waals surface area contributed by atoms with Crippen LogP contribution in [0.4, 0.5) is 0 Å². The fourth-order valence-electron chi connectivity index (χ4n) is 0.695. The van der Waals surface area contributed by atoms with Crippen molar-refractivity contribution in [2.75, 3.05) is 5.75 Å². The Kier molecular flexibility index (Phi) is 4.31. The normalized spacial score (nSPS) is 15.0. The van der Waals surface area contributed by atoms with Gasteiger partial charge in [-0.25, -0.2) is 0 Å². The molecule has 14 heavy (non-hydrogen) atoms. The summed E-state index contributed by atoms with van der Waals surface area (Å²) in [5.41, 5.74) is -0.501. The van der Waals surface area contributed by atoms with Crippen LogP contribution >= 0.6 is 0 Å². The Morgan fingerprint density at radius 2 is 1.57 bits per heavy atom. The van der Waals surface area contributed by atoms with Crippen LogP contribution in [0.25, 0.3) is 0 Å². The molecule has 3 nitrogen and oxygen atoms in total. The molecule has 0 aromatic heterocycles. The van der Waals surface area contributed by atoms with Gasteiger partial charge in [-0.1, -0.05) is 0 Å². The van der Waals surface area contributed by atoms with Gasteiger partial charge in [-0.05, 0) is 41.5 Å². The molecule has 84 valence electrons. The monoisotopic (exact) mass is 220 g/mol. The van der Waals surface area contributed by atoms with E-state index in [0.29, 0.717) is 0 Å². The molecule has 4 heteroatoms. The summed E-state index contributed by atoms with van der Waals surface area (Å²) in [6.07, 6.45) is 0. The zero-order chi connectivity index (χ0) is 11.6. The first-order chi connectivity index (χ1) is 6.02. The number of esters is 1. The van der Waals surface area contributed by atoms with E-state index in [-0.39, 0.29) is 10.5 Å². The standard InChI is InChI=1S/C10H20O3S/c1-9(2,3)13-8(11)7-14(12)10(4,5)6/h7H2,1-6H3/t14-/m1/s1. The molecule has 0 fully saturated rings. The van der Waals surface area contributed by atoms with Gasteiger partial charge in [0.15, 0.2) is 0 Å². The van der Waals surface area contributed by atoms with Gasteiger partial charge in [0.05, 0.1) is 0 Å². The van der Waals surface area contributed by atoms with Gasteiger partial charge in [0, 0.05) is 15.5 Å². The maximum atomic E-state index is 11.6. The van der Waals surface area contributed by atoms with E-state index >= 15 is 0 Å². The van der Waals surface area contributed by atoms with Gasteiger partial charge in [-0.3, -0.25) is 9.00 Å². The lowest BCUT2D eigenvalue weighted by atomic mass is 10.2. The Hall–Kier alpha value is -0.380. The SMILES string of the molecule is CC(C)(C)OC(=O)C[S@@](=O)C(C)(C)C. The van der Waals surface area contributed by atoms with Crippen LogP contribution in [0.5, 0.6) is 0 Å². The van der Waals surface area contributed by atoms with E-state index in [1.54, 1.807) is 20.8 Å². The fourth-order valence-corrected chi connectivity index (χ4v) is 1.40. The van der Waals surface area contributed by atoms with Crippen molar-refractivity contribution in [3.63, 3.8) is 0 Å². The largest absolute Gasteiger partial charge is 0.459 e. The quantitative estimate of drug-likeness (QED) is 0.667. The molecule has 0 amide bonds. The van der Waals surface area contributed by atoms with E-state index < -0.39 is 22.4 Å². The molecule has 0 spiro atoms. The highest BCUT2D eigenvalue weighted by Gasteiger charge is 2.25. The second-order valence-electron chi connectivity index (χ2n) is 5.19. The first-order valence-electron chi connectivity index (χ1n) is 4.63. The van der Waals surface area contributed by atoms with Crippen LogP contribution in [0.2, 0.25) is 0 Å². The third kappa shape index (κ3) is 6.13. The summed E-state index contributed by atoms with van der Waals surface area (Å²) < 4.78 is 16.3. The minimum Gasteiger partial charge on any atom is -0.459 e. The zero-order valence-corrected chi connectivity index (χ0v) is 10.7. The van der Waals surface area contributed by atoms with Crippen LogP contribution in [0, 0.1) is 0 Å². The Bertz CT molecular complexity index is 233. The van der Waals surface area contributed by atoms with E-state index in [4.69, 9.17) is 4.74 Å². The Morgan fingerprint density at radius 1 is 1.14 bits per heavy atom. The van der Waals surface area contributed by atoms with Crippen molar-refractivity contribution in [1.82, 2.24) is 0 Å². The van der Waals surface area contributed by atoms with E-state index in [1.165, 1.54) is 0 Å². The second kappa shape index (κ2) is 4.43. The summed E-state index contributed by atoms with van der Waals surface area (Å²) in [4.78, 5) is 11.3. The molecule has 0 aromatic carbocycles. The van der Waals surface area contributed by atoms with Crippen molar-refractivity contribution in [2.45, 2.75) is 51.9 Å². The zero-order valence-electron chi connectivity index (χ0n) is 9.84. The van der Waals surface area contributed by atoms with Gasteiger partial charge >= 0.3 is 5.97 Å². The summed E-state index contributed by atoms with van der Waals surface area (Å²) in [7, 11) is -1.18. The van der Waals surface area contributed by atoms with Crippen molar-refractivity contribution >= 4 is 16.8 Å². The fraction of sp³-hybridized carbons (Fsp3) is 0.900. The molecular weight excluding hydrogens is 200 g/mol. The molecule has 0 N–H and O–H groups in total. The molecule has 0 aliphatic rings. The smallest absolute Gasteiger partial charge is 0.319 e. The first kappa shape index (κ1) is 13.6. The summed E-state index contributed by atoms with van der Waals surface area (Å²) in [6, 6.07) is 0. The minimum atomic E-state index is -1.18. The lowest BCUT2D eigenvalue weighted by Crippen LogP contribution is -2.32. The van der Waals surface area contributed by atoms with Gasteiger partial charge in [0.25, 0.3) is 0 Å². The van der Waals surface area contributed by atoms with E-state index in [0.717, 1.165) is 0 Å². The molecule has 0 unspecified atom stereocenters. The predicted molar refractivity (Wildman–Crippen MR) is 58.6 cm³/mol. The third-order valence-corrected chi connectivity index (χ3v) is 3.22. The van der Waals surface area contributed by atoms with Gasteiger partial charge < -0.3 is 4.74 Å². The van der Waals surface area contributed by atoms with Crippen molar-refractivity contribution in [2.24, 2.45) is 0 Å². The molecule has 0 radical (unpaired) electrons. The minimum absolute atomic E-state index is 0.0270. The highest BCUT2D eigenvalue weighted by Crippen LogP contribution is 2.13. The third-order valence-electron chi connectivity index (χ3n) is 1.35. The van der Waals surface area contributed by atoms with Crippen molar-refractivity contribution in [1.29, 1.82) is 0 Å². The van der Waals surface area contributed by atoms with E-state index in [2.05, 4.69) is 0 Å². The Balaban J connectivity index is 4.16. The maximum absolute atomic E-state index is 11.6. The number of ether oxygens (including phenoxy) is 1. The average Bonchev–Trinajstić information content (AvgIpc) is 1.79. The molecule has 0 aromatic rings. The van der Waals surface area contributed by atoms with Crippen molar-refractivity contribution in [3.05, 3.63) is 0 Å². The van der Waals surface area contributed by atoms with E-state index in [1.807, 2.05) is 20.8 Å². The lowest BCUT2D eigenvalue weighted by molar-refractivity contribution is -0.151. The van der Waals surface area contributed by atoms with Gasteiger partial charge in [0.1, 0.15) is 11.4 Å². The lowest BCUT2D eigenvalue weighted by Gasteiger charge is -2.21. The van der Waals surface area contributed by atoms with Gasteiger partial charge in [0.2, 0.25) is 0 Å². The number of carbonyl (C=O) groups excluding carboxylic acids is 1. The highest BCUT2D eigenvalue weighted by molar-refractivity contribution is 7.87. The molecule has 0 saturated heterocycles. The van der Waals surface area contributed by atoms with Crippen LogP contribution in [-0.4, -0.2) is 26.3 Å². The Morgan fingerprint density at radius 3 is 1.86 bits per heavy atom. The number of carbonyl (C=O) groups is 1. The molecular formula is C10H20O3S. The second-order valence-corrected chi connectivity index (χ2v) is 7.39. The van der Waals surface area contributed by atoms with Crippen LogP contribution in [0.15, 0.2) is 0 Å². The van der Waals surface area contributed by atoms with E-state index in [9.17, 15) is 9.00 Å². The molecule has 0 saturated carbocycles. The molecule has 0 aliphatic heterocycles. The predicted octanol–water partition coefficient (Wildman–Crippen LogP) is 1.88. The first-order valence-corrected chi connectivity index (χ1v) is 5.94. The molecule has 1 atom stereocenters. The number of rotatable bonds is 2. The van der Waals surface area contributed by atoms with Crippen molar-refractivity contribution < 1.29 is 13.7 Å². The maximum Gasteiger partial charge on any atom is 0.319 e. The van der Waals surface area contributed by atoms with Crippen LogP contribution < -0.4 is 0 Å². The summed E-state index contributed by atoms with van der Waals surface area (Å²) in [5.74, 6) is -0.424. The van der Waals surface area contributed by atoms with Gasteiger partial charge in [-0.2, -0.15) is 0 Å². The topological polar surface area (TPSA) is 43.4 Å².